The van der Waals surface area contributed by atoms with Crippen LogP contribution in [0.3, 0.4) is 0 Å². The number of phenols is 1. The second kappa shape index (κ2) is 8.04. The van der Waals surface area contributed by atoms with Crippen LogP contribution in [0.15, 0.2) is 45.6 Å². The van der Waals surface area contributed by atoms with Gasteiger partial charge in [-0.3, -0.25) is 9.59 Å². The minimum Gasteiger partial charge on any atom is -0.507 e. The standard InChI is InChI=1S/C21H20O7/c1-4-5-18(24)28-20-17(26-3)11-15(23)19-14(22)10-16(27-21(19)20)12-6-8-13(25-2)9-7-12/h6-11,23H,4-5H2,1-3H3. The molecular weight excluding hydrogens is 364 g/mol. The molecule has 3 rings (SSSR count). The monoisotopic (exact) mass is 384 g/mol. The van der Waals surface area contributed by atoms with Crippen molar-refractivity contribution in [3.8, 4) is 34.3 Å². The predicted octanol–water partition coefficient (Wildman–Crippen LogP) is 3.89. The van der Waals surface area contributed by atoms with Crippen LogP contribution >= 0.6 is 0 Å². The predicted molar refractivity (Wildman–Crippen MR) is 103 cm³/mol. The summed E-state index contributed by atoms with van der Waals surface area (Å²) in [6.45, 7) is 1.84. The van der Waals surface area contributed by atoms with Crippen LogP contribution in [0.1, 0.15) is 19.8 Å². The van der Waals surface area contributed by atoms with Crippen LogP contribution < -0.4 is 19.6 Å². The van der Waals surface area contributed by atoms with Crippen LogP contribution in [0.2, 0.25) is 0 Å². The molecule has 0 aliphatic carbocycles. The summed E-state index contributed by atoms with van der Waals surface area (Å²) >= 11 is 0. The molecule has 0 unspecified atom stereocenters. The molecule has 28 heavy (non-hydrogen) atoms. The SMILES string of the molecule is CCCC(=O)Oc1c(OC)cc(O)c2c(=O)cc(-c3ccc(OC)cc3)oc12. The second-order valence-corrected chi connectivity index (χ2v) is 6.06. The van der Waals surface area contributed by atoms with Gasteiger partial charge in [-0.2, -0.15) is 0 Å². The first-order valence-corrected chi connectivity index (χ1v) is 8.71. The van der Waals surface area contributed by atoms with Gasteiger partial charge in [0.05, 0.1) is 14.2 Å². The first kappa shape index (κ1) is 19.3. The van der Waals surface area contributed by atoms with E-state index in [2.05, 4.69) is 0 Å². The molecule has 0 amide bonds. The van der Waals surface area contributed by atoms with Crippen molar-refractivity contribution in [2.45, 2.75) is 19.8 Å². The van der Waals surface area contributed by atoms with E-state index in [0.717, 1.165) is 0 Å². The van der Waals surface area contributed by atoms with Crippen molar-refractivity contribution in [2.75, 3.05) is 14.2 Å². The summed E-state index contributed by atoms with van der Waals surface area (Å²) in [5.41, 5.74) is 0.0903. The number of ether oxygens (including phenoxy) is 3. The molecule has 7 nitrogen and oxygen atoms in total. The van der Waals surface area contributed by atoms with Crippen LogP contribution in [-0.4, -0.2) is 25.3 Å². The average molecular weight is 384 g/mol. The summed E-state index contributed by atoms with van der Waals surface area (Å²) in [4.78, 5) is 24.7. The average Bonchev–Trinajstić information content (AvgIpc) is 2.69. The van der Waals surface area contributed by atoms with E-state index in [1.807, 2.05) is 6.92 Å². The van der Waals surface area contributed by atoms with Gasteiger partial charge in [-0.05, 0) is 30.7 Å². The zero-order chi connectivity index (χ0) is 20.3. The Balaban J connectivity index is 2.24. The Kier molecular flexibility index (Phi) is 5.54. The topological polar surface area (TPSA) is 95.2 Å². The summed E-state index contributed by atoms with van der Waals surface area (Å²) in [6.07, 6.45) is 0.784. The molecule has 2 aromatic carbocycles. The molecule has 0 atom stereocenters. The van der Waals surface area contributed by atoms with E-state index >= 15 is 0 Å². The molecule has 0 aliphatic heterocycles. The Morgan fingerprint density at radius 2 is 1.82 bits per heavy atom. The number of methoxy groups -OCH3 is 2. The van der Waals surface area contributed by atoms with Crippen molar-refractivity contribution >= 4 is 16.9 Å². The quantitative estimate of drug-likeness (QED) is 0.509. The summed E-state index contributed by atoms with van der Waals surface area (Å²) in [5.74, 6) is 0.133. The number of aromatic hydroxyl groups is 1. The highest BCUT2D eigenvalue weighted by molar-refractivity contribution is 5.93. The first-order chi connectivity index (χ1) is 13.5. The van der Waals surface area contributed by atoms with E-state index in [1.54, 1.807) is 31.4 Å². The van der Waals surface area contributed by atoms with Crippen LogP contribution in [0.4, 0.5) is 0 Å². The summed E-state index contributed by atoms with van der Waals surface area (Å²) in [6, 6.07) is 9.40. The van der Waals surface area contributed by atoms with Crippen LogP contribution in [0, 0.1) is 0 Å². The minimum atomic E-state index is -0.495. The molecule has 1 heterocycles. The van der Waals surface area contributed by atoms with Crippen LogP contribution in [0.5, 0.6) is 23.0 Å². The molecule has 146 valence electrons. The smallest absolute Gasteiger partial charge is 0.311 e. The maximum atomic E-state index is 12.7. The van der Waals surface area contributed by atoms with Gasteiger partial charge in [0.25, 0.3) is 0 Å². The van der Waals surface area contributed by atoms with Gasteiger partial charge in [0.1, 0.15) is 22.6 Å². The molecule has 0 saturated heterocycles. The number of rotatable bonds is 6. The van der Waals surface area contributed by atoms with Gasteiger partial charge in [0.15, 0.2) is 16.8 Å². The minimum absolute atomic E-state index is 0.0405. The maximum Gasteiger partial charge on any atom is 0.311 e. The van der Waals surface area contributed by atoms with Crippen molar-refractivity contribution < 1.29 is 28.5 Å². The molecule has 1 N–H and O–H groups in total. The van der Waals surface area contributed by atoms with Crippen molar-refractivity contribution in [1.82, 2.24) is 0 Å². The third-order valence-electron chi connectivity index (χ3n) is 4.17. The maximum absolute atomic E-state index is 12.7. The molecular formula is C21H20O7. The van der Waals surface area contributed by atoms with E-state index in [4.69, 9.17) is 18.6 Å². The van der Waals surface area contributed by atoms with Gasteiger partial charge < -0.3 is 23.7 Å². The zero-order valence-corrected chi connectivity index (χ0v) is 15.8. The Bertz CT molecular complexity index is 1060. The molecule has 0 saturated carbocycles. The number of phenolic OH excluding ortho intramolecular Hbond substituents is 1. The fourth-order valence-electron chi connectivity index (χ4n) is 2.78. The van der Waals surface area contributed by atoms with Gasteiger partial charge in [-0.15, -0.1) is 0 Å². The molecule has 7 heteroatoms. The van der Waals surface area contributed by atoms with Crippen molar-refractivity contribution in [3.63, 3.8) is 0 Å². The number of esters is 1. The summed E-state index contributed by atoms with van der Waals surface area (Å²) in [5, 5.41) is 10.2. The molecule has 0 spiro atoms. The van der Waals surface area contributed by atoms with Gasteiger partial charge in [0, 0.05) is 24.1 Å². The Morgan fingerprint density at radius 3 is 2.43 bits per heavy atom. The van der Waals surface area contributed by atoms with Gasteiger partial charge >= 0.3 is 5.97 Å². The molecule has 0 radical (unpaired) electrons. The molecule has 0 fully saturated rings. The lowest BCUT2D eigenvalue weighted by atomic mass is 10.1. The fraction of sp³-hybridized carbons (Fsp3) is 0.238. The lowest BCUT2D eigenvalue weighted by Gasteiger charge is -2.13. The zero-order valence-electron chi connectivity index (χ0n) is 15.8. The summed E-state index contributed by atoms with van der Waals surface area (Å²) < 4.78 is 21.6. The highest BCUT2D eigenvalue weighted by Crippen LogP contribution is 2.41. The van der Waals surface area contributed by atoms with Crippen LogP contribution in [-0.2, 0) is 4.79 Å². The third-order valence-corrected chi connectivity index (χ3v) is 4.17. The molecule has 0 aliphatic rings. The number of hydrogen-bond donors (Lipinski definition) is 1. The third kappa shape index (κ3) is 3.64. The second-order valence-electron chi connectivity index (χ2n) is 6.06. The van der Waals surface area contributed by atoms with Gasteiger partial charge in [-0.1, -0.05) is 6.92 Å². The number of carbonyl (C=O) groups is 1. The molecule has 3 aromatic rings. The number of hydrogen-bond acceptors (Lipinski definition) is 7. The number of fused-ring (bicyclic) bond motifs is 1. The Hall–Kier alpha value is -3.48. The lowest BCUT2D eigenvalue weighted by Crippen LogP contribution is -2.10. The number of benzene rings is 2. The Morgan fingerprint density at radius 1 is 1.11 bits per heavy atom. The fourth-order valence-corrected chi connectivity index (χ4v) is 2.78. The largest absolute Gasteiger partial charge is 0.507 e. The molecule has 0 bridgehead atoms. The highest BCUT2D eigenvalue weighted by atomic mass is 16.6. The van der Waals surface area contributed by atoms with E-state index in [0.29, 0.717) is 17.7 Å². The highest BCUT2D eigenvalue weighted by Gasteiger charge is 2.22. The van der Waals surface area contributed by atoms with Crippen molar-refractivity contribution in [3.05, 3.63) is 46.6 Å². The first-order valence-electron chi connectivity index (χ1n) is 8.71. The normalized spacial score (nSPS) is 10.7. The van der Waals surface area contributed by atoms with Gasteiger partial charge in [0.2, 0.25) is 5.75 Å². The van der Waals surface area contributed by atoms with Crippen molar-refractivity contribution in [1.29, 1.82) is 0 Å². The Labute approximate surface area is 161 Å². The van der Waals surface area contributed by atoms with Crippen LogP contribution in [0.25, 0.3) is 22.3 Å². The van der Waals surface area contributed by atoms with E-state index in [9.17, 15) is 14.7 Å². The van der Waals surface area contributed by atoms with Gasteiger partial charge in [-0.25, -0.2) is 0 Å². The van der Waals surface area contributed by atoms with E-state index in [-0.39, 0.29) is 40.4 Å². The van der Waals surface area contributed by atoms with E-state index < -0.39 is 11.4 Å². The van der Waals surface area contributed by atoms with Crippen molar-refractivity contribution in [2.24, 2.45) is 0 Å². The molecule has 1 aromatic heterocycles. The number of carbonyl (C=O) groups excluding carboxylic acids is 1. The summed E-state index contributed by atoms with van der Waals surface area (Å²) in [7, 11) is 2.92. The lowest BCUT2D eigenvalue weighted by molar-refractivity contribution is -0.134. The van der Waals surface area contributed by atoms with E-state index in [1.165, 1.54) is 19.2 Å².